The van der Waals surface area contributed by atoms with E-state index >= 15 is 0 Å². The summed E-state index contributed by atoms with van der Waals surface area (Å²) < 4.78 is 0. The van der Waals surface area contributed by atoms with E-state index < -0.39 is 0 Å². The summed E-state index contributed by atoms with van der Waals surface area (Å²) in [5, 5.41) is 0. The molecule has 0 spiro atoms. The Hall–Kier alpha value is -0.330. The molecule has 0 heterocycles. The van der Waals surface area contributed by atoms with Crippen molar-refractivity contribution in [1.29, 1.82) is 0 Å². The van der Waals surface area contributed by atoms with Crippen molar-refractivity contribution in [3.8, 4) is 0 Å². The number of ketones is 1. The van der Waals surface area contributed by atoms with Crippen LogP contribution in [0, 0.1) is 12.3 Å². The lowest BCUT2D eigenvalue weighted by Crippen LogP contribution is -1.99. The molecule has 1 radical (unpaired) electrons. The van der Waals surface area contributed by atoms with E-state index in [1.54, 1.807) is 6.92 Å². The van der Waals surface area contributed by atoms with Crippen LogP contribution in [0.5, 0.6) is 0 Å². The molecule has 1 unspecified atom stereocenters. The molecule has 0 amide bonds. The summed E-state index contributed by atoms with van der Waals surface area (Å²) in [6, 6.07) is 0. The van der Waals surface area contributed by atoms with Crippen molar-refractivity contribution in [2.75, 3.05) is 0 Å². The second-order valence-electron chi connectivity index (χ2n) is 2.22. The van der Waals surface area contributed by atoms with Crippen molar-refractivity contribution in [3.63, 3.8) is 0 Å². The average Bonchev–Trinajstić information content (AvgIpc) is 1.65. The van der Waals surface area contributed by atoms with Crippen molar-refractivity contribution >= 4 is 5.78 Å². The Morgan fingerprint density at radius 3 is 2.38 bits per heavy atom. The third-order valence-corrected chi connectivity index (χ3v) is 1.18. The molecule has 1 nitrogen and oxygen atoms in total. The number of Topliss-reactive ketones (excluding diaryl/α,β-unsaturated/α-hetero) is 1. The molecule has 0 aromatic rings. The zero-order valence-corrected chi connectivity index (χ0v) is 5.77. The molecular formula is C7H13O. The molecule has 47 valence electrons. The number of carbonyl (C=O) groups is 1. The fourth-order valence-corrected chi connectivity index (χ4v) is 0.571. The van der Waals surface area contributed by atoms with E-state index in [2.05, 4.69) is 0 Å². The summed E-state index contributed by atoms with van der Waals surface area (Å²) in [5.74, 6) is 0.725. The lowest BCUT2D eigenvalue weighted by Gasteiger charge is -2.01. The third kappa shape index (κ3) is 3.85. The zero-order valence-electron chi connectivity index (χ0n) is 5.77. The van der Waals surface area contributed by atoms with E-state index in [0.717, 1.165) is 0 Å². The van der Waals surface area contributed by atoms with E-state index in [9.17, 15) is 4.79 Å². The summed E-state index contributed by atoms with van der Waals surface area (Å²) in [6.07, 6.45) is 2.73. The lowest BCUT2D eigenvalue weighted by molar-refractivity contribution is -0.117. The minimum absolute atomic E-state index is 0.274. The smallest absolute Gasteiger partial charge is 0.130 e. The first-order chi connectivity index (χ1) is 3.66. The van der Waals surface area contributed by atoms with E-state index in [0.29, 0.717) is 12.3 Å². The van der Waals surface area contributed by atoms with Crippen LogP contribution in [-0.2, 0) is 4.79 Å². The Balaban J connectivity index is 3.24. The minimum Gasteiger partial charge on any atom is -0.300 e. The molecule has 0 bridgehead atoms. The van der Waals surface area contributed by atoms with Crippen LogP contribution in [0.15, 0.2) is 0 Å². The molecule has 0 aromatic heterocycles. The van der Waals surface area contributed by atoms with Gasteiger partial charge in [-0.3, -0.25) is 0 Å². The van der Waals surface area contributed by atoms with Crippen molar-refractivity contribution in [1.82, 2.24) is 0 Å². The Morgan fingerprint density at radius 1 is 1.75 bits per heavy atom. The predicted octanol–water partition coefficient (Wildman–Crippen LogP) is 1.83. The van der Waals surface area contributed by atoms with Crippen LogP contribution in [-0.4, -0.2) is 5.78 Å². The molecule has 0 saturated carbocycles. The van der Waals surface area contributed by atoms with Gasteiger partial charge in [0.15, 0.2) is 0 Å². The maximum atomic E-state index is 10.4. The molecule has 0 N–H and O–H groups in total. The van der Waals surface area contributed by atoms with Crippen LogP contribution >= 0.6 is 0 Å². The predicted molar refractivity (Wildman–Crippen MR) is 34.4 cm³/mol. The highest BCUT2D eigenvalue weighted by atomic mass is 16.1. The first kappa shape index (κ1) is 7.67. The van der Waals surface area contributed by atoms with E-state index in [4.69, 9.17) is 0 Å². The van der Waals surface area contributed by atoms with Gasteiger partial charge in [-0.25, -0.2) is 0 Å². The van der Waals surface area contributed by atoms with Gasteiger partial charge in [0, 0.05) is 6.42 Å². The molecule has 0 saturated heterocycles. The Morgan fingerprint density at radius 2 is 2.25 bits per heavy atom. The number of hydrogen-bond acceptors (Lipinski definition) is 1. The highest BCUT2D eigenvalue weighted by Gasteiger charge is 2.00. The van der Waals surface area contributed by atoms with Gasteiger partial charge in [-0.2, -0.15) is 0 Å². The molecule has 0 rings (SSSR count). The minimum atomic E-state index is 0.274. The largest absolute Gasteiger partial charge is 0.300 e. The second-order valence-corrected chi connectivity index (χ2v) is 2.22. The van der Waals surface area contributed by atoms with Crippen molar-refractivity contribution in [2.45, 2.75) is 27.2 Å². The van der Waals surface area contributed by atoms with Gasteiger partial charge in [0.25, 0.3) is 0 Å². The molecule has 0 fully saturated rings. The number of hydrogen-bond donors (Lipinski definition) is 0. The monoisotopic (exact) mass is 113 g/mol. The molecule has 1 heteroatoms. The number of carbonyl (C=O) groups excluding carboxylic acids is 1. The van der Waals surface area contributed by atoms with Crippen LogP contribution in [0.4, 0.5) is 0 Å². The van der Waals surface area contributed by atoms with E-state index in [1.807, 2.05) is 20.3 Å². The van der Waals surface area contributed by atoms with E-state index in [1.165, 1.54) is 0 Å². The first-order valence-electron chi connectivity index (χ1n) is 2.95. The topological polar surface area (TPSA) is 17.1 Å². The first-order valence-corrected chi connectivity index (χ1v) is 2.95. The summed E-state index contributed by atoms with van der Waals surface area (Å²) in [6.45, 7) is 5.65. The van der Waals surface area contributed by atoms with Gasteiger partial charge in [-0.1, -0.05) is 13.8 Å². The standard InChI is InChI=1S/C7H13O/c1-4-6(2)5-7(3)8/h4,6H,5H2,1-3H3. The molecule has 0 aromatic carbocycles. The van der Waals surface area contributed by atoms with Crippen LogP contribution in [0.25, 0.3) is 0 Å². The van der Waals surface area contributed by atoms with Crippen LogP contribution in [0.3, 0.4) is 0 Å². The van der Waals surface area contributed by atoms with Gasteiger partial charge in [-0.05, 0) is 19.3 Å². The quantitative estimate of drug-likeness (QED) is 0.545. The molecule has 0 aliphatic rings. The SMILES string of the molecule is C[CH]C(C)CC(C)=O. The second kappa shape index (κ2) is 3.65. The maximum absolute atomic E-state index is 10.4. The molecule has 8 heavy (non-hydrogen) atoms. The van der Waals surface area contributed by atoms with Gasteiger partial charge in [-0.15, -0.1) is 0 Å². The van der Waals surface area contributed by atoms with Crippen LogP contribution in [0.2, 0.25) is 0 Å². The molecule has 0 aliphatic carbocycles. The molecule has 1 atom stereocenters. The Kier molecular flexibility index (Phi) is 3.49. The summed E-state index contributed by atoms with van der Waals surface area (Å²) in [7, 11) is 0. The Labute approximate surface area is 51.1 Å². The summed E-state index contributed by atoms with van der Waals surface area (Å²) >= 11 is 0. The van der Waals surface area contributed by atoms with E-state index in [-0.39, 0.29) is 5.78 Å². The summed E-state index contributed by atoms with van der Waals surface area (Å²) in [4.78, 5) is 10.4. The maximum Gasteiger partial charge on any atom is 0.130 e. The highest BCUT2D eigenvalue weighted by molar-refractivity contribution is 5.75. The van der Waals surface area contributed by atoms with Crippen LogP contribution in [0.1, 0.15) is 27.2 Å². The van der Waals surface area contributed by atoms with Gasteiger partial charge in [0.1, 0.15) is 5.78 Å². The third-order valence-electron chi connectivity index (χ3n) is 1.18. The van der Waals surface area contributed by atoms with Gasteiger partial charge in [0.05, 0.1) is 0 Å². The van der Waals surface area contributed by atoms with Gasteiger partial charge < -0.3 is 4.79 Å². The van der Waals surface area contributed by atoms with Crippen LogP contribution < -0.4 is 0 Å². The fraction of sp³-hybridized carbons (Fsp3) is 0.714. The van der Waals surface area contributed by atoms with Crippen molar-refractivity contribution in [2.24, 2.45) is 5.92 Å². The van der Waals surface area contributed by atoms with Gasteiger partial charge >= 0.3 is 0 Å². The van der Waals surface area contributed by atoms with Gasteiger partial charge in [0.2, 0.25) is 0 Å². The number of rotatable bonds is 3. The molecule has 0 aliphatic heterocycles. The average molecular weight is 113 g/mol. The molecular weight excluding hydrogens is 100 g/mol. The zero-order chi connectivity index (χ0) is 6.57. The fourth-order valence-electron chi connectivity index (χ4n) is 0.571. The summed E-state index contributed by atoms with van der Waals surface area (Å²) in [5.41, 5.74) is 0. The Bertz CT molecular complexity index is 76.5. The van der Waals surface area contributed by atoms with Crippen molar-refractivity contribution < 1.29 is 4.79 Å². The normalized spacial score (nSPS) is 13.4. The lowest BCUT2D eigenvalue weighted by atomic mass is 10.0. The highest BCUT2D eigenvalue weighted by Crippen LogP contribution is 2.04. The van der Waals surface area contributed by atoms with Crippen molar-refractivity contribution in [3.05, 3.63) is 6.42 Å².